The summed E-state index contributed by atoms with van der Waals surface area (Å²) >= 11 is 1.26. The Morgan fingerprint density at radius 1 is 1.43 bits per heavy atom. The van der Waals surface area contributed by atoms with Crippen LogP contribution in [0.15, 0.2) is 24.5 Å². The second-order valence-electron chi connectivity index (χ2n) is 4.51. The van der Waals surface area contributed by atoms with Crippen molar-refractivity contribution >= 4 is 28.2 Å². The largest absolute Gasteiger partial charge is 0.478 e. The van der Waals surface area contributed by atoms with Crippen molar-refractivity contribution in [1.82, 2.24) is 4.98 Å². The van der Waals surface area contributed by atoms with Gasteiger partial charge in [-0.25, -0.2) is 4.79 Å². The lowest BCUT2D eigenvalue weighted by Crippen LogP contribution is -2.15. The predicted molar refractivity (Wildman–Crippen MR) is 76.8 cm³/mol. The highest BCUT2D eigenvalue weighted by molar-refractivity contribution is 7.17. The SMILES string of the molecule is O=C(Nc1sc2c(c1C(=O)O)CCOC2)c1cccnc1. The van der Waals surface area contributed by atoms with Crippen LogP contribution in [0.1, 0.15) is 31.2 Å². The van der Waals surface area contributed by atoms with Crippen LogP contribution in [0.4, 0.5) is 5.00 Å². The van der Waals surface area contributed by atoms with Crippen LogP contribution in [-0.4, -0.2) is 28.6 Å². The van der Waals surface area contributed by atoms with E-state index < -0.39 is 5.97 Å². The molecular formula is C14H12N2O4S. The van der Waals surface area contributed by atoms with Crippen LogP contribution in [-0.2, 0) is 17.8 Å². The van der Waals surface area contributed by atoms with E-state index in [4.69, 9.17) is 4.74 Å². The van der Waals surface area contributed by atoms with E-state index in [2.05, 4.69) is 10.3 Å². The number of hydrogen-bond acceptors (Lipinski definition) is 5. The minimum Gasteiger partial charge on any atom is -0.478 e. The van der Waals surface area contributed by atoms with Crippen LogP contribution in [0.5, 0.6) is 0 Å². The summed E-state index contributed by atoms with van der Waals surface area (Å²) in [6.07, 6.45) is 3.56. The zero-order valence-corrected chi connectivity index (χ0v) is 11.8. The third-order valence-corrected chi connectivity index (χ3v) is 4.31. The summed E-state index contributed by atoms with van der Waals surface area (Å²) in [5, 5.41) is 12.4. The summed E-state index contributed by atoms with van der Waals surface area (Å²) in [4.78, 5) is 28.3. The predicted octanol–water partition coefficient (Wildman–Crippen LogP) is 2.17. The van der Waals surface area contributed by atoms with Gasteiger partial charge in [0, 0.05) is 17.3 Å². The summed E-state index contributed by atoms with van der Waals surface area (Å²) in [7, 11) is 0. The molecule has 108 valence electrons. The molecule has 0 saturated heterocycles. The number of ether oxygens (including phenoxy) is 1. The Bertz CT molecular complexity index is 696. The molecule has 1 aliphatic heterocycles. The average Bonchev–Trinajstić information content (AvgIpc) is 2.86. The van der Waals surface area contributed by atoms with E-state index in [0.717, 1.165) is 10.4 Å². The van der Waals surface area contributed by atoms with Gasteiger partial charge < -0.3 is 15.2 Å². The first kappa shape index (κ1) is 13.7. The maximum Gasteiger partial charge on any atom is 0.339 e. The van der Waals surface area contributed by atoms with Gasteiger partial charge in [0.1, 0.15) is 5.00 Å². The van der Waals surface area contributed by atoms with Gasteiger partial charge in [-0.3, -0.25) is 9.78 Å². The molecule has 1 amide bonds. The number of nitrogens with one attached hydrogen (secondary N) is 1. The Kier molecular flexibility index (Phi) is 3.68. The molecule has 0 radical (unpaired) electrons. The number of fused-ring (bicyclic) bond motifs is 1. The lowest BCUT2D eigenvalue weighted by molar-refractivity contribution is 0.0693. The number of anilines is 1. The Morgan fingerprint density at radius 2 is 2.29 bits per heavy atom. The van der Waals surface area contributed by atoms with Crippen molar-refractivity contribution < 1.29 is 19.4 Å². The molecule has 6 nitrogen and oxygen atoms in total. The van der Waals surface area contributed by atoms with Crippen LogP contribution >= 0.6 is 11.3 Å². The van der Waals surface area contributed by atoms with Crippen molar-refractivity contribution in [3.63, 3.8) is 0 Å². The van der Waals surface area contributed by atoms with Gasteiger partial charge in [0.25, 0.3) is 5.91 Å². The van der Waals surface area contributed by atoms with Crippen molar-refractivity contribution in [3.05, 3.63) is 46.1 Å². The highest BCUT2D eigenvalue weighted by Gasteiger charge is 2.26. The van der Waals surface area contributed by atoms with Crippen LogP contribution < -0.4 is 5.32 Å². The fourth-order valence-corrected chi connectivity index (χ4v) is 3.39. The minimum atomic E-state index is -1.03. The van der Waals surface area contributed by atoms with Crippen LogP contribution in [0.25, 0.3) is 0 Å². The number of amides is 1. The summed E-state index contributed by atoms with van der Waals surface area (Å²) in [5.74, 6) is -1.40. The molecule has 21 heavy (non-hydrogen) atoms. The fourth-order valence-electron chi connectivity index (χ4n) is 2.22. The quantitative estimate of drug-likeness (QED) is 0.907. The monoisotopic (exact) mass is 304 g/mol. The third kappa shape index (κ3) is 2.65. The average molecular weight is 304 g/mol. The summed E-state index contributed by atoms with van der Waals surface area (Å²) in [6.45, 7) is 0.892. The molecule has 0 aliphatic carbocycles. The number of carbonyl (C=O) groups is 2. The van der Waals surface area contributed by atoms with Crippen molar-refractivity contribution in [1.29, 1.82) is 0 Å². The Hall–Kier alpha value is -2.25. The topological polar surface area (TPSA) is 88.5 Å². The summed E-state index contributed by atoms with van der Waals surface area (Å²) < 4.78 is 5.33. The van der Waals surface area contributed by atoms with Crippen molar-refractivity contribution in [3.8, 4) is 0 Å². The Labute approximate surface area is 124 Å². The molecule has 0 atom stereocenters. The van der Waals surface area contributed by atoms with E-state index in [9.17, 15) is 14.7 Å². The van der Waals surface area contributed by atoms with Gasteiger partial charge >= 0.3 is 5.97 Å². The maximum atomic E-state index is 12.1. The van der Waals surface area contributed by atoms with Crippen molar-refractivity contribution in [2.45, 2.75) is 13.0 Å². The number of carboxylic acid groups (broad SMARTS) is 1. The van der Waals surface area contributed by atoms with E-state index in [1.54, 1.807) is 18.3 Å². The standard InChI is InChI=1S/C14H12N2O4S/c17-12(8-2-1-4-15-6-8)16-13-11(14(18)19)9-3-5-20-7-10(9)21-13/h1-2,4,6H,3,5,7H2,(H,16,17)(H,18,19). The Morgan fingerprint density at radius 3 is 3.00 bits per heavy atom. The van der Waals surface area contributed by atoms with Crippen LogP contribution in [0.3, 0.4) is 0 Å². The Balaban J connectivity index is 1.94. The van der Waals surface area contributed by atoms with E-state index in [1.165, 1.54) is 17.5 Å². The number of aromatic nitrogens is 1. The smallest absolute Gasteiger partial charge is 0.339 e. The molecule has 0 aromatic carbocycles. The number of nitrogens with zero attached hydrogens (tertiary/aromatic N) is 1. The number of thiophene rings is 1. The van der Waals surface area contributed by atoms with Gasteiger partial charge in [-0.05, 0) is 24.1 Å². The molecule has 2 aromatic rings. The van der Waals surface area contributed by atoms with Gasteiger partial charge in [-0.2, -0.15) is 0 Å². The highest BCUT2D eigenvalue weighted by Crippen LogP contribution is 2.36. The zero-order valence-electron chi connectivity index (χ0n) is 11.0. The lowest BCUT2D eigenvalue weighted by atomic mass is 10.1. The molecular weight excluding hydrogens is 292 g/mol. The minimum absolute atomic E-state index is 0.176. The first-order chi connectivity index (χ1) is 10.2. The molecule has 2 N–H and O–H groups in total. The van der Waals surface area contributed by atoms with E-state index in [1.807, 2.05) is 0 Å². The molecule has 7 heteroatoms. The van der Waals surface area contributed by atoms with E-state index in [0.29, 0.717) is 30.2 Å². The van der Waals surface area contributed by atoms with Crippen molar-refractivity contribution in [2.24, 2.45) is 0 Å². The second-order valence-corrected chi connectivity index (χ2v) is 5.62. The van der Waals surface area contributed by atoms with Crippen LogP contribution in [0.2, 0.25) is 0 Å². The molecule has 0 unspecified atom stereocenters. The van der Waals surface area contributed by atoms with E-state index in [-0.39, 0.29) is 11.5 Å². The maximum absolute atomic E-state index is 12.1. The second kappa shape index (κ2) is 5.63. The fraction of sp³-hybridized carbons (Fsp3) is 0.214. The molecule has 2 aromatic heterocycles. The first-order valence-corrected chi connectivity index (χ1v) is 7.15. The number of pyridine rings is 1. The lowest BCUT2D eigenvalue weighted by Gasteiger charge is -2.11. The van der Waals surface area contributed by atoms with Gasteiger partial charge in [0.05, 0.1) is 24.3 Å². The number of hydrogen-bond donors (Lipinski definition) is 2. The highest BCUT2D eigenvalue weighted by atomic mass is 32.1. The summed E-state index contributed by atoms with van der Waals surface area (Å²) in [5.41, 5.74) is 1.33. The molecule has 0 spiro atoms. The molecule has 3 rings (SSSR count). The van der Waals surface area contributed by atoms with Gasteiger partial charge in [0.15, 0.2) is 0 Å². The molecule has 0 fully saturated rings. The molecule has 3 heterocycles. The number of carbonyl (C=O) groups excluding carboxylic acids is 1. The molecule has 0 saturated carbocycles. The third-order valence-electron chi connectivity index (χ3n) is 3.18. The summed E-state index contributed by atoms with van der Waals surface area (Å²) in [6, 6.07) is 3.28. The van der Waals surface area contributed by atoms with Crippen LogP contribution in [0, 0.1) is 0 Å². The van der Waals surface area contributed by atoms with E-state index >= 15 is 0 Å². The molecule has 0 bridgehead atoms. The number of rotatable bonds is 3. The number of carboxylic acids is 1. The van der Waals surface area contributed by atoms with Gasteiger partial charge in [-0.15, -0.1) is 11.3 Å². The van der Waals surface area contributed by atoms with Crippen molar-refractivity contribution in [2.75, 3.05) is 11.9 Å². The van der Waals surface area contributed by atoms with Gasteiger partial charge in [-0.1, -0.05) is 0 Å². The number of aromatic carboxylic acids is 1. The first-order valence-electron chi connectivity index (χ1n) is 6.33. The normalized spacial score (nSPS) is 13.5. The molecule has 1 aliphatic rings. The zero-order chi connectivity index (χ0) is 14.8. The van der Waals surface area contributed by atoms with Gasteiger partial charge in [0.2, 0.25) is 0 Å².